The normalized spacial score (nSPS) is 20.5. The molecule has 2 amide bonds. The largest absolute Gasteiger partial charge is 0.368 e. The first-order valence-corrected chi connectivity index (χ1v) is 5.80. The molecule has 0 unspecified atom stereocenters. The third-order valence-corrected chi connectivity index (χ3v) is 2.70. The van der Waals surface area contributed by atoms with E-state index in [0.29, 0.717) is 32.3 Å². The van der Waals surface area contributed by atoms with Crippen molar-refractivity contribution in [1.82, 2.24) is 5.32 Å². The van der Waals surface area contributed by atoms with Gasteiger partial charge in [0.2, 0.25) is 11.8 Å². The van der Waals surface area contributed by atoms with Gasteiger partial charge in [0, 0.05) is 13.0 Å². The summed E-state index contributed by atoms with van der Waals surface area (Å²) in [4.78, 5) is 22.9. The Bertz CT molecular complexity index is 316. The van der Waals surface area contributed by atoms with Gasteiger partial charge in [0.05, 0.1) is 0 Å². The Balaban J connectivity index is 2.40. The zero-order valence-electron chi connectivity index (χ0n) is 9.78. The molecule has 0 saturated carbocycles. The Morgan fingerprint density at radius 2 is 2.35 bits per heavy atom. The molecule has 5 heteroatoms. The van der Waals surface area contributed by atoms with Crippen LogP contribution in [-0.2, 0) is 14.3 Å². The van der Waals surface area contributed by atoms with Crippen molar-refractivity contribution in [3.05, 3.63) is 0 Å². The number of hydrogen-bond donors (Lipinski definition) is 2. The van der Waals surface area contributed by atoms with E-state index in [9.17, 15) is 9.59 Å². The van der Waals surface area contributed by atoms with Crippen molar-refractivity contribution >= 4 is 11.8 Å². The van der Waals surface area contributed by atoms with Crippen LogP contribution < -0.4 is 11.1 Å². The minimum Gasteiger partial charge on any atom is -0.368 e. The van der Waals surface area contributed by atoms with Crippen molar-refractivity contribution in [3.63, 3.8) is 0 Å². The number of nitrogens with one attached hydrogen (secondary N) is 1. The Morgan fingerprint density at radius 1 is 1.59 bits per heavy atom. The topological polar surface area (TPSA) is 81.4 Å². The lowest BCUT2D eigenvalue weighted by Crippen LogP contribution is -2.47. The average molecular weight is 238 g/mol. The molecule has 1 aliphatic rings. The van der Waals surface area contributed by atoms with Crippen molar-refractivity contribution in [2.45, 2.75) is 44.2 Å². The van der Waals surface area contributed by atoms with Crippen LogP contribution in [0.5, 0.6) is 0 Å². The molecule has 1 aliphatic heterocycles. The number of unbranched alkanes of at least 4 members (excludes halogenated alkanes) is 1. The smallest absolute Gasteiger partial charge is 0.249 e. The number of carbonyl (C=O) groups is 2. The van der Waals surface area contributed by atoms with E-state index < -0.39 is 18.1 Å². The molecule has 17 heavy (non-hydrogen) atoms. The molecule has 0 aromatic heterocycles. The Hall–Kier alpha value is -1.54. The summed E-state index contributed by atoms with van der Waals surface area (Å²) >= 11 is 0. The van der Waals surface area contributed by atoms with E-state index in [1.54, 1.807) is 0 Å². The van der Waals surface area contributed by atoms with Gasteiger partial charge in [0.1, 0.15) is 12.1 Å². The van der Waals surface area contributed by atoms with Crippen LogP contribution in [0.1, 0.15) is 32.1 Å². The summed E-state index contributed by atoms with van der Waals surface area (Å²) in [7, 11) is 0. The molecule has 3 N–H and O–H groups in total. The van der Waals surface area contributed by atoms with Crippen LogP contribution in [0.2, 0.25) is 0 Å². The molecule has 0 aliphatic carbocycles. The first-order valence-electron chi connectivity index (χ1n) is 5.80. The third kappa shape index (κ3) is 4.45. The van der Waals surface area contributed by atoms with Gasteiger partial charge in [-0.25, -0.2) is 0 Å². The van der Waals surface area contributed by atoms with E-state index in [0.717, 1.165) is 6.42 Å². The quantitative estimate of drug-likeness (QED) is 0.502. The fourth-order valence-corrected chi connectivity index (χ4v) is 1.74. The molecule has 5 nitrogen and oxygen atoms in total. The molecule has 0 aromatic rings. The van der Waals surface area contributed by atoms with Crippen LogP contribution in [0.3, 0.4) is 0 Å². The fraction of sp³-hybridized carbons (Fsp3) is 0.667. The average Bonchev–Trinajstić information content (AvgIpc) is 2.81. The molecule has 0 spiro atoms. The van der Waals surface area contributed by atoms with Crippen LogP contribution in [0, 0.1) is 12.3 Å². The lowest BCUT2D eigenvalue weighted by molar-refractivity contribution is -0.133. The first kappa shape index (κ1) is 13.5. The van der Waals surface area contributed by atoms with Gasteiger partial charge in [-0.05, 0) is 25.7 Å². The van der Waals surface area contributed by atoms with Crippen LogP contribution >= 0.6 is 0 Å². The van der Waals surface area contributed by atoms with Gasteiger partial charge in [-0.2, -0.15) is 0 Å². The third-order valence-electron chi connectivity index (χ3n) is 2.70. The maximum Gasteiger partial charge on any atom is 0.249 e. The summed E-state index contributed by atoms with van der Waals surface area (Å²) in [6, 6.07) is -0.653. The second-order valence-electron chi connectivity index (χ2n) is 4.06. The minimum absolute atomic E-state index is 0.257. The predicted molar refractivity (Wildman–Crippen MR) is 62.8 cm³/mol. The van der Waals surface area contributed by atoms with E-state index in [1.807, 2.05) is 0 Å². The van der Waals surface area contributed by atoms with Gasteiger partial charge >= 0.3 is 0 Å². The number of hydrogen-bond acceptors (Lipinski definition) is 3. The maximum atomic E-state index is 11.7. The number of primary amides is 1. The van der Waals surface area contributed by atoms with E-state index in [4.69, 9.17) is 16.9 Å². The van der Waals surface area contributed by atoms with Crippen LogP contribution in [-0.4, -0.2) is 30.6 Å². The summed E-state index contributed by atoms with van der Waals surface area (Å²) in [5, 5.41) is 2.61. The standard InChI is InChI=1S/C12H18N2O3/c1-2-3-4-6-9(11(13)15)14-12(16)10-7-5-8-17-10/h1,9-10H,3-8H2,(H2,13,15)(H,14,16)/t9-,10+/m0/s1. The van der Waals surface area contributed by atoms with Crippen molar-refractivity contribution in [3.8, 4) is 12.3 Å². The number of carbonyl (C=O) groups excluding carboxylic acids is 2. The van der Waals surface area contributed by atoms with Crippen molar-refractivity contribution in [1.29, 1.82) is 0 Å². The van der Waals surface area contributed by atoms with Gasteiger partial charge in [-0.1, -0.05) is 0 Å². The molecule has 1 heterocycles. The molecule has 1 fully saturated rings. The highest BCUT2D eigenvalue weighted by molar-refractivity contribution is 5.88. The van der Waals surface area contributed by atoms with Gasteiger partial charge in [0.15, 0.2) is 0 Å². The van der Waals surface area contributed by atoms with Gasteiger partial charge in [-0.15, -0.1) is 12.3 Å². The van der Waals surface area contributed by atoms with Crippen LogP contribution in [0.15, 0.2) is 0 Å². The molecule has 0 radical (unpaired) electrons. The maximum absolute atomic E-state index is 11.7. The zero-order chi connectivity index (χ0) is 12.7. The molecule has 94 valence electrons. The van der Waals surface area contributed by atoms with Gasteiger partial charge in [0.25, 0.3) is 0 Å². The Kier molecular flexibility index (Phi) is 5.50. The number of nitrogens with two attached hydrogens (primary N) is 1. The molecule has 0 bridgehead atoms. The van der Waals surface area contributed by atoms with Gasteiger partial charge < -0.3 is 15.8 Å². The molecule has 2 atom stereocenters. The molecular weight excluding hydrogens is 220 g/mol. The highest BCUT2D eigenvalue weighted by atomic mass is 16.5. The fourth-order valence-electron chi connectivity index (χ4n) is 1.74. The lowest BCUT2D eigenvalue weighted by Gasteiger charge is -2.17. The second kappa shape index (κ2) is 6.92. The Morgan fingerprint density at radius 3 is 2.88 bits per heavy atom. The lowest BCUT2D eigenvalue weighted by atomic mass is 10.1. The van der Waals surface area contributed by atoms with Gasteiger partial charge in [-0.3, -0.25) is 9.59 Å². The molecule has 1 rings (SSSR count). The second-order valence-corrected chi connectivity index (χ2v) is 4.06. The highest BCUT2D eigenvalue weighted by Gasteiger charge is 2.27. The number of terminal acetylenes is 1. The summed E-state index contributed by atoms with van der Waals surface area (Å²) in [5.41, 5.74) is 5.22. The summed E-state index contributed by atoms with van der Waals surface area (Å²) in [5.74, 6) is 1.69. The van der Waals surface area contributed by atoms with Crippen molar-refractivity contribution in [2.75, 3.05) is 6.61 Å². The predicted octanol–water partition coefficient (Wildman–Crippen LogP) is -0.0610. The molecule has 0 aromatic carbocycles. The summed E-state index contributed by atoms with van der Waals surface area (Å²) < 4.78 is 5.22. The monoisotopic (exact) mass is 238 g/mol. The van der Waals surface area contributed by atoms with E-state index in [1.165, 1.54) is 0 Å². The SMILES string of the molecule is C#CCCC[C@H](NC(=O)[C@H]1CCCO1)C(N)=O. The van der Waals surface area contributed by atoms with E-state index in [-0.39, 0.29) is 5.91 Å². The molecular formula is C12H18N2O3. The van der Waals surface area contributed by atoms with E-state index >= 15 is 0 Å². The number of ether oxygens (including phenoxy) is 1. The number of rotatable bonds is 6. The summed E-state index contributed by atoms with van der Waals surface area (Å²) in [6.45, 7) is 0.594. The highest BCUT2D eigenvalue weighted by Crippen LogP contribution is 2.12. The first-order chi connectivity index (χ1) is 8.15. The van der Waals surface area contributed by atoms with Crippen LogP contribution in [0.25, 0.3) is 0 Å². The summed E-state index contributed by atoms with van der Waals surface area (Å²) in [6.07, 6.45) is 7.95. The van der Waals surface area contributed by atoms with E-state index in [2.05, 4.69) is 11.2 Å². The Labute approximate surface area is 101 Å². The zero-order valence-corrected chi connectivity index (χ0v) is 9.78. The van der Waals surface area contributed by atoms with Crippen LogP contribution in [0.4, 0.5) is 0 Å². The minimum atomic E-state index is -0.653. The van der Waals surface area contributed by atoms with Crippen molar-refractivity contribution < 1.29 is 14.3 Å². The number of amides is 2. The molecule has 1 saturated heterocycles. The van der Waals surface area contributed by atoms with Crippen molar-refractivity contribution in [2.24, 2.45) is 5.73 Å².